The predicted octanol–water partition coefficient (Wildman–Crippen LogP) is -4.42. The standard InChI is InChI=1S/C49H60O28/c1-17-44(77-31(54)8-5-18-3-6-21(7-4-18)70-47-40(63)36(59)33(56)28(14-50)74-47)39(62)43(66)46(69-17)68-16-30-35(58)38(61)42(65)49(76-30)73-27-13-22-24(71-45(27)19-9-23(53)32(55)26(10-19)67-2)11-20(52)12-25(22)72-48-41(64)37(60)34(57)29(15-51)75-48/h3-13,17,28-30,33-53,55-66H,14-16H2,1-2H3/b8-5+/t17-,28+,29+,30+,33-,34-,35-,36-,37-,38-,39+,40+,41+,42+,43-,44-,45?,46+,47+,48+,49+/m0/s1. The number of phenolic OH excluding ortho intramolecular Hbond substituents is 3. The Hall–Kier alpha value is -5.71. The number of methoxy groups -OCH3 is 1. The number of benzene rings is 3. The number of hydrogen-bond acceptors (Lipinski definition) is 28. The van der Waals surface area contributed by atoms with Gasteiger partial charge in [-0.25, -0.2) is 4.79 Å². The fourth-order valence-corrected chi connectivity index (χ4v) is 8.94. The Kier molecular flexibility index (Phi) is 18.0. The summed E-state index contributed by atoms with van der Waals surface area (Å²) in [7, 11) is 1.19. The summed E-state index contributed by atoms with van der Waals surface area (Å²) in [6.07, 6.45) is -31.4. The number of rotatable bonds is 16. The Bertz CT molecular complexity index is 2560. The highest BCUT2D eigenvalue weighted by Crippen LogP contribution is 2.48. The molecule has 4 saturated heterocycles. The van der Waals surface area contributed by atoms with Crippen molar-refractivity contribution in [1.82, 2.24) is 0 Å². The maximum atomic E-state index is 12.9. The van der Waals surface area contributed by atoms with Crippen LogP contribution < -0.4 is 18.9 Å². The minimum atomic E-state index is -2.03. The topological polar surface area (TPSA) is 442 Å². The van der Waals surface area contributed by atoms with Crippen LogP contribution in [0.5, 0.6) is 40.2 Å². The monoisotopic (exact) mass is 1100 g/mol. The van der Waals surface area contributed by atoms with Gasteiger partial charge >= 0.3 is 5.97 Å². The van der Waals surface area contributed by atoms with E-state index in [0.29, 0.717) is 5.56 Å². The van der Waals surface area contributed by atoms with Crippen LogP contribution in [0.15, 0.2) is 60.4 Å². The molecule has 0 radical (unpaired) electrons. The maximum absolute atomic E-state index is 12.9. The van der Waals surface area contributed by atoms with Gasteiger partial charge in [0.1, 0.15) is 114 Å². The zero-order chi connectivity index (χ0) is 55.7. The van der Waals surface area contributed by atoms with E-state index in [4.69, 9.17) is 52.1 Å². The van der Waals surface area contributed by atoms with E-state index in [9.17, 15) is 86.5 Å². The van der Waals surface area contributed by atoms with Gasteiger partial charge in [-0.2, -0.15) is 0 Å². The molecule has 3 aromatic carbocycles. The predicted molar refractivity (Wildman–Crippen MR) is 250 cm³/mol. The lowest BCUT2D eigenvalue weighted by Gasteiger charge is -2.43. The Morgan fingerprint density at radius 2 is 1.17 bits per heavy atom. The molecule has 77 heavy (non-hydrogen) atoms. The fourth-order valence-electron chi connectivity index (χ4n) is 8.94. The molecule has 28 heteroatoms. The van der Waals surface area contributed by atoms with Gasteiger partial charge in [0.15, 0.2) is 30.0 Å². The minimum absolute atomic E-state index is 0.0196. The quantitative estimate of drug-likeness (QED) is 0.0366. The van der Waals surface area contributed by atoms with Crippen molar-refractivity contribution in [2.45, 2.75) is 136 Å². The van der Waals surface area contributed by atoms with Crippen LogP contribution in [-0.4, -0.2) is 237 Å². The van der Waals surface area contributed by atoms with Crippen molar-refractivity contribution in [2.24, 2.45) is 0 Å². The summed E-state index contributed by atoms with van der Waals surface area (Å²) in [4.78, 5) is 12.9. The third kappa shape index (κ3) is 12.1. The van der Waals surface area contributed by atoms with Gasteiger partial charge in [0, 0.05) is 23.8 Å². The second-order valence-corrected chi connectivity index (χ2v) is 18.6. The summed E-state index contributed by atoms with van der Waals surface area (Å²) in [5.74, 6) is -3.59. The third-order valence-electron chi connectivity index (χ3n) is 13.3. The van der Waals surface area contributed by atoms with Gasteiger partial charge in [0.25, 0.3) is 0 Å². The summed E-state index contributed by atoms with van der Waals surface area (Å²) in [5, 5.41) is 168. The van der Waals surface area contributed by atoms with Gasteiger partial charge in [-0.15, -0.1) is 0 Å². The van der Waals surface area contributed by atoms with E-state index in [1.165, 1.54) is 56.5 Å². The number of carbonyl (C=O) groups excluding carboxylic acids is 1. The van der Waals surface area contributed by atoms with E-state index in [2.05, 4.69) is 0 Å². The zero-order valence-electron chi connectivity index (χ0n) is 40.7. The van der Waals surface area contributed by atoms with Crippen LogP contribution in [-0.2, 0) is 38.0 Å². The van der Waals surface area contributed by atoms with Crippen LogP contribution in [0.25, 0.3) is 12.2 Å². The van der Waals surface area contributed by atoms with Crippen LogP contribution in [0.4, 0.5) is 0 Å². The first kappa shape index (κ1) is 57.5. The average Bonchev–Trinajstić information content (AvgIpc) is 3.41. The summed E-state index contributed by atoms with van der Waals surface area (Å²) < 4.78 is 62.6. The smallest absolute Gasteiger partial charge is 0.331 e. The lowest BCUT2D eigenvalue weighted by atomic mass is 9.97. The number of aromatic hydroxyl groups is 3. The highest BCUT2D eigenvalue weighted by Gasteiger charge is 2.50. The van der Waals surface area contributed by atoms with Crippen molar-refractivity contribution >= 4 is 18.1 Å². The van der Waals surface area contributed by atoms with E-state index in [1.54, 1.807) is 0 Å². The number of fused-ring (bicyclic) bond motifs is 1. The molecular weight excluding hydrogens is 1040 g/mol. The number of aliphatic hydroxyl groups is 13. The Morgan fingerprint density at radius 1 is 0.610 bits per heavy atom. The molecule has 5 aliphatic rings. The fraction of sp³-hybridized carbons (Fsp3) is 0.531. The van der Waals surface area contributed by atoms with Crippen LogP contribution in [0.1, 0.15) is 29.7 Å². The van der Waals surface area contributed by atoms with Crippen LogP contribution in [0.3, 0.4) is 0 Å². The molecule has 3 aromatic rings. The molecule has 5 aliphatic heterocycles. The molecule has 4 fully saturated rings. The van der Waals surface area contributed by atoms with Crippen molar-refractivity contribution in [1.29, 1.82) is 0 Å². The number of carbonyl (C=O) groups is 1. The first-order chi connectivity index (χ1) is 36.6. The van der Waals surface area contributed by atoms with Crippen molar-refractivity contribution in [3.05, 3.63) is 77.1 Å². The van der Waals surface area contributed by atoms with Gasteiger partial charge in [0.2, 0.25) is 24.6 Å². The van der Waals surface area contributed by atoms with Gasteiger partial charge in [-0.05, 0) is 48.9 Å². The molecule has 0 bridgehead atoms. The maximum Gasteiger partial charge on any atom is 0.331 e. The van der Waals surface area contributed by atoms with E-state index in [0.717, 1.165) is 24.3 Å². The molecule has 28 nitrogen and oxygen atoms in total. The highest BCUT2D eigenvalue weighted by atomic mass is 16.7. The second-order valence-electron chi connectivity index (χ2n) is 18.6. The molecule has 0 aliphatic carbocycles. The number of hydrogen-bond donors (Lipinski definition) is 16. The van der Waals surface area contributed by atoms with Gasteiger partial charge < -0.3 is 134 Å². The van der Waals surface area contributed by atoms with E-state index in [-0.39, 0.29) is 39.9 Å². The summed E-state index contributed by atoms with van der Waals surface area (Å²) in [5.41, 5.74) is 0.411. The van der Waals surface area contributed by atoms with E-state index in [1.807, 2.05) is 0 Å². The molecule has 0 aromatic heterocycles. The SMILES string of the molecule is COc1cc(C2Oc3cc(O)cc(O[C@@H]4O[C@H](CO)[C@H](O)[C@H](O)[C@H]4O)c3C=C2O[C@@H]2O[C@H](CO[C@@H]3O[C@@H](C)[C@H](OC(=O)/C=C/c4ccc(O[C@@H]5O[C@H](CO)[C@H](O)[C@H](O)[C@H]5O)cc4)[C@H](O)[C@@H]3O)[C@H](O)[C@H](O)[C@H]2O)cc(O)c1O. The first-order valence-electron chi connectivity index (χ1n) is 23.9. The normalized spacial score (nSPS) is 37.2. The molecule has 21 atom stereocenters. The molecule has 0 amide bonds. The van der Waals surface area contributed by atoms with E-state index >= 15 is 0 Å². The van der Waals surface area contributed by atoms with Crippen LogP contribution in [0, 0.1) is 0 Å². The van der Waals surface area contributed by atoms with Gasteiger partial charge in [-0.1, -0.05) is 12.1 Å². The molecule has 16 N–H and O–H groups in total. The largest absolute Gasteiger partial charge is 0.508 e. The second kappa shape index (κ2) is 24.1. The third-order valence-corrected chi connectivity index (χ3v) is 13.3. The zero-order valence-corrected chi connectivity index (χ0v) is 40.7. The Morgan fingerprint density at radius 3 is 1.77 bits per heavy atom. The lowest BCUT2D eigenvalue weighted by molar-refractivity contribution is -0.325. The Balaban J connectivity index is 0.934. The number of esters is 1. The number of ether oxygens (including phenoxy) is 11. The highest BCUT2D eigenvalue weighted by molar-refractivity contribution is 5.87. The molecule has 5 heterocycles. The van der Waals surface area contributed by atoms with Gasteiger partial charge in [-0.3, -0.25) is 0 Å². The van der Waals surface area contributed by atoms with E-state index < -0.39 is 172 Å². The van der Waals surface area contributed by atoms with Crippen molar-refractivity contribution < 1.29 is 139 Å². The van der Waals surface area contributed by atoms with Crippen LogP contribution in [0.2, 0.25) is 0 Å². The molecule has 8 rings (SSSR count). The molecular formula is C49H60O28. The molecule has 0 spiro atoms. The summed E-state index contributed by atoms with van der Waals surface area (Å²) >= 11 is 0. The number of phenols is 3. The number of aliphatic hydroxyl groups excluding tert-OH is 13. The minimum Gasteiger partial charge on any atom is -0.508 e. The summed E-state index contributed by atoms with van der Waals surface area (Å²) in [6, 6.07) is 10.4. The first-order valence-corrected chi connectivity index (χ1v) is 23.9. The average molecular weight is 1100 g/mol. The van der Waals surface area contributed by atoms with Gasteiger partial charge in [0.05, 0.1) is 38.6 Å². The van der Waals surface area contributed by atoms with Crippen LogP contribution >= 0.6 is 0 Å². The van der Waals surface area contributed by atoms with Crippen molar-refractivity contribution in [3.8, 4) is 40.2 Å². The molecule has 1 unspecified atom stereocenters. The van der Waals surface area contributed by atoms with Crippen molar-refractivity contribution in [2.75, 3.05) is 26.9 Å². The molecule has 0 saturated carbocycles. The molecule has 424 valence electrons. The summed E-state index contributed by atoms with van der Waals surface area (Å²) in [6.45, 7) is -0.757. The van der Waals surface area contributed by atoms with Crippen molar-refractivity contribution in [3.63, 3.8) is 0 Å². The Labute approximate surface area is 436 Å². The lowest BCUT2D eigenvalue weighted by Crippen LogP contribution is -2.61.